The van der Waals surface area contributed by atoms with E-state index < -0.39 is 0 Å². The monoisotopic (exact) mass is 205 g/mol. The van der Waals surface area contributed by atoms with Crippen molar-refractivity contribution in [3.63, 3.8) is 0 Å². The molecule has 1 amide bonds. The summed E-state index contributed by atoms with van der Waals surface area (Å²) in [5, 5.41) is 2.52. The van der Waals surface area contributed by atoms with Crippen molar-refractivity contribution in [1.82, 2.24) is 5.32 Å². The molecule has 1 aromatic rings. The molecule has 0 saturated carbocycles. The second-order valence-corrected chi connectivity index (χ2v) is 3.70. The Kier molecular flexibility index (Phi) is 3.61. The second kappa shape index (κ2) is 4.73. The largest absolute Gasteiger partial charge is 0.355 e. The van der Waals surface area contributed by atoms with Crippen LogP contribution in [0.4, 0.5) is 0 Å². The molecular formula is C12H15NO2. The van der Waals surface area contributed by atoms with Crippen molar-refractivity contribution < 1.29 is 9.59 Å². The van der Waals surface area contributed by atoms with Crippen LogP contribution in [0.3, 0.4) is 0 Å². The van der Waals surface area contributed by atoms with Crippen LogP contribution in [-0.2, 0) is 0 Å². The highest BCUT2D eigenvalue weighted by Crippen LogP contribution is 2.18. The van der Waals surface area contributed by atoms with E-state index >= 15 is 0 Å². The molecule has 0 aliphatic carbocycles. The van der Waals surface area contributed by atoms with Gasteiger partial charge in [0.05, 0.1) is 5.56 Å². The lowest BCUT2D eigenvalue weighted by molar-refractivity contribution is 0.0957. The van der Waals surface area contributed by atoms with Gasteiger partial charge in [-0.15, -0.1) is 0 Å². The van der Waals surface area contributed by atoms with E-state index in [1.54, 1.807) is 19.2 Å². The molecule has 0 spiro atoms. The van der Waals surface area contributed by atoms with E-state index in [0.29, 0.717) is 23.3 Å². The van der Waals surface area contributed by atoms with Gasteiger partial charge < -0.3 is 5.32 Å². The molecule has 0 unspecified atom stereocenters. The SMILES string of the molecule is CNC(=O)c1cc(C(C)C)ccc1C=O. The Morgan fingerprint density at radius 3 is 2.53 bits per heavy atom. The maximum Gasteiger partial charge on any atom is 0.251 e. The van der Waals surface area contributed by atoms with Gasteiger partial charge in [-0.2, -0.15) is 0 Å². The number of carbonyl (C=O) groups excluding carboxylic acids is 2. The summed E-state index contributed by atoms with van der Waals surface area (Å²) in [6.45, 7) is 4.09. The lowest BCUT2D eigenvalue weighted by Gasteiger charge is -2.09. The van der Waals surface area contributed by atoms with Gasteiger partial charge in [-0.05, 0) is 17.5 Å². The number of nitrogens with one attached hydrogen (secondary N) is 1. The zero-order valence-electron chi connectivity index (χ0n) is 9.20. The molecule has 3 heteroatoms. The molecule has 0 bridgehead atoms. The normalized spacial score (nSPS) is 10.1. The first-order valence-electron chi connectivity index (χ1n) is 4.91. The Labute approximate surface area is 89.5 Å². The van der Waals surface area contributed by atoms with Crippen LogP contribution in [0.25, 0.3) is 0 Å². The number of amides is 1. The molecule has 0 radical (unpaired) electrons. The van der Waals surface area contributed by atoms with Crippen LogP contribution in [0, 0.1) is 0 Å². The van der Waals surface area contributed by atoms with Crippen LogP contribution in [0.1, 0.15) is 46.0 Å². The van der Waals surface area contributed by atoms with E-state index in [1.807, 2.05) is 19.9 Å². The topological polar surface area (TPSA) is 46.2 Å². The number of carbonyl (C=O) groups is 2. The standard InChI is InChI=1S/C12H15NO2/c1-8(2)9-4-5-10(7-14)11(6-9)12(15)13-3/h4-8H,1-3H3,(H,13,15). The number of hydrogen-bond acceptors (Lipinski definition) is 2. The third-order valence-electron chi connectivity index (χ3n) is 2.34. The van der Waals surface area contributed by atoms with Gasteiger partial charge in [0, 0.05) is 12.6 Å². The third kappa shape index (κ3) is 2.43. The Bertz CT molecular complexity index is 383. The number of benzene rings is 1. The minimum atomic E-state index is -0.223. The summed E-state index contributed by atoms with van der Waals surface area (Å²) in [5.41, 5.74) is 1.93. The molecule has 1 aromatic carbocycles. The van der Waals surface area contributed by atoms with E-state index in [-0.39, 0.29) is 5.91 Å². The molecule has 0 aliphatic rings. The highest BCUT2D eigenvalue weighted by Gasteiger charge is 2.11. The van der Waals surface area contributed by atoms with Crippen LogP contribution in [0.15, 0.2) is 18.2 Å². The molecular weight excluding hydrogens is 190 g/mol. The maximum atomic E-state index is 11.5. The minimum absolute atomic E-state index is 0.223. The minimum Gasteiger partial charge on any atom is -0.355 e. The van der Waals surface area contributed by atoms with Gasteiger partial charge in [0.1, 0.15) is 0 Å². The Balaban J connectivity index is 3.25. The van der Waals surface area contributed by atoms with Gasteiger partial charge in [-0.25, -0.2) is 0 Å². The highest BCUT2D eigenvalue weighted by molar-refractivity contribution is 6.01. The lowest BCUT2D eigenvalue weighted by atomic mass is 9.97. The summed E-state index contributed by atoms with van der Waals surface area (Å²) in [5.74, 6) is 0.119. The summed E-state index contributed by atoms with van der Waals surface area (Å²) in [7, 11) is 1.55. The summed E-state index contributed by atoms with van der Waals surface area (Å²) < 4.78 is 0. The molecule has 0 heterocycles. The van der Waals surface area contributed by atoms with Crippen LogP contribution < -0.4 is 5.32 Å². The van der Waals surface area contributed by atoms with Crippen LogP contribution in [-0.4, -0.2) is 19.2 Å². The molecule has 0 aliphatic heterocycles. The molecule has 1 N–H and O–H groups in total. The van der Waals surface area contributed by atoms with Crippen molar-refractivity contribution in [2.75, 3.05) is 7.05 Å². The van der Waals surface area contributed by atoms with Crippen molar-refractivity contribution in [2.24, 2.45) is 0 Å². The first-order chi connectivity index (χ1) is 7.10. The predicted molar refractivity (Wildman–Crippen MR) is 59.3 cm³/mol. The average Bonchev–Trinajstić information content (AvgIpc) is 2.27. The molecule has 0 aromatic heterocycles. The molecule has 0 atom stereocenters. The summed E-state index contributed by atoms with van der Waals surface area (Å²) >= 11 is 0. The fourth-order valence-corrected chi connectivity index (χ4v) is 1.37. The highest BCUT2D eigenvalue weighted by atomic mass is 16.1. The Morgan fingerprint density at radius 2 is 2.07 bits per heavy atom. The number of rotatable bonds is 3. The first-order valence-corrected chi connectivity index (χ1v) is 4.91. The average molecular weight is 205 g/mol. The van der Waals surface area contributed by atoms with Crippen LogP contribution in [0.2, 0.25) is 0 Å². The molecule has 1 rings (SSSR count). The molecule has 3 nitrogen and oxygen atoms in total. The van der Waals surface area contributed by atoms with Gasteiger partial charge in [0.15, 0.2) is 6.29 Å². The van der Waals surface area contributed by atoms with Crippen molar-refractivity contribution in [1.29, 1.82) is 0 Å². The van der Waals surface area contributed by atoms with E-state index in [4.69, 9.17) is 0 Å². The fourth-order valence-electron chi connectivity index (χ4n) is 1.37. The second-order valence-electron chi connectivity index (χ2n) is 3.70. The fraction of sp³-hybridized carbons (Fsp3) is 0.333. The van der Waals surface area contributed by atoms with Crippen molar-refractivity contribution in [3.8, 4) is 0 Å². The first kappa shape index (κ1) is 11.4. The smallest absolute Gasteiger partial charge is 0.251 e. The third-order valence-corrected chi connectivity index (χ3v) is 2.34. The van der Waals surface area contributed by atoms with E-state index in [0.717, 1.165) is 5.56 Å². The summed E-state index contributed by atoms with van der Waals surface area (Å²) in [6.07, 6.45) is 0.703. The molecule has 0 saturated heterocycles. The van der Waals surface area contributed by atoms with Gasteiger partial charge in [-0.3, -0.25) is 9.59 Å². The van der Waals surface area contributed by atoms with Gasteiger partial charge in [0.2, 0.25) is 0 Å². The lowest BCUT2D eigenvalue weighted by Crippen LogP contribution is -2.19. The zero-order valence-corrected chi connectivity index (χ0v) is 9.20. The molecule has 80 valence electrons. The van der Waals surface area contributed by atoms with Crippen molar-refractivity contribution in [3.05, 3.63) is 34.9 Å². The van der Waals surface area contributed by atoms with Crippen LogP contribution in [0.5, 0.6) is 0 Å². The van der Waals surface area contributed by atoms with E-state index in [2.05, 4.69) is 5.32 Å². The van der Waals surface area contributed by atoms with E-state index in [1.165, 1.54) is 0 Å². The predicted octanol–water partition coefficient (Wildman–Crippen LogP) is 1.98. The van der Waals surface area contributed by atoms with Crippen molar-refractivity contribution in [2.45, 2.75) is 19.8 Å². The number of hydrogen-bond donors (Lipinski definition) is 1. The van der Waals surface area contributed by atoms with Crippen molar-refractivity contribution >= 4 is 12.2 Å². The number of aldehydes is 1. The van der Waals surface area contributed by atoms with Gasteiger partial charge in [0.25, 0.3) is 5.91 Å². The zero-order chi connectivity index (χ0) is 11.4. The summed E-state index contributed by atoms with van der Waals surface area (Å²) in [4.78, 5) is 22.2. The maximum absolute atomic E-state index is 11.5. The van der Waals surface area contributed by atoms with Crippen LogP contribution >= 0.6 is 0 Å². The molecule has 0 fully saturated rings. The van der Waals surface area contributed by atoms with Gasteiger partial charge in [-0.1, -0.05) is 26.0 Å². The Hall–Kier alpha value is -1.64. The molecule has 15 heavy (non-hydrogen) atoms. The van der Waals surface area contributed by atoms with E-state index in [9.17, 15) is 9.59 Å². The van der Waals surface area contributed by atoms with Gasteiger partial charge >= 0.3 is 0 Å². The summed E-state index contributed by atoms with van der Waals surface area (Å²) in [6, 6.07) is 5.33. The Morgan fingerprint density at radius 1 is 1.40 bits per heavy atom. The quantitative estimate of drug-likeness (QED) is 0.767.